The van der Waals surface area contributed by atoms with Gasteiger partial charge in [0, 0.05) is 5.56 Å². The molecule has 0 N–H and O–H groups in total. The molecule has 0 bridgehead atoms. The first-order valence-electron chi connectivity index (χ1n) is 7.60. The number of rotatable bonds is 4. The van der Waals surface area contributed by atoms with Gasteiger partial charge in [-0.1, -0.05) is 30.9 Å². The Morgan fingerprint density at radius 2 is 1.92 bits per heavy atom. The van der Waals surface area contributed by atoms with Crippen LogP contribution >= 0.6 is 0 Å². The van der Waals surface area contributed by atoms with E-state index in [9.17, 15) is 14.4 Å². The molecule has 128 valence electrons. The van der Waals surface area contributed by atoms with Crippen LogP contribution in [0.25, 0.3) is 0 Å². The Kier molecular flexibility index (Phi) is 4.89. The van der Waals surface area contributed by atoms with E-state index in [0.29, 0.717) is 5.56 Å². The van der Waals surface area contributed by atoms with Gasteiger partial charge in [-0.05, 0) is 32.9 Å². The summed E-state index contributed by atoms with van der Waals surface area (Å²) in [6, 6.07) is 8.38. The predicted molar refractivity (Wildman–Crippen MR) is 86.9 cm³/mol. The topological polar surface area (TPSA) is 72.9 Å². The smallest absolute Gasteiger partial charge is 0.324 e. The minimum Gasteiger partial charge on any atom is -0.461 e. The van der Waals surface area contributed by atoms with Crippen LogP contribution in [0.15, 0.2) is 43.0 Å². The molecule has 2 amide bonds. The number of esters is 1. The zero-order chi connectivity index (χ0) is 18.0. The van der Waals surface area contributed by atoms with Crippen LogP contribution in [0.2, 0.25) is 0 Å². The van der Waals surface area contributed by atoms with Crippen LogP contribution in [-0.2, 0) is 19.1 Å². The molecule has 6 nitrogen and oxygen atoms in total. The van der Waals surface area contributed by atoms with Gasteiger partial charge in [0.05, 0.1) is 6.61 Å². The molecule has 0 saturated carbocycles. The van der Waals surface area contributed by atoms with Crippen molar-refractivity contribution in [2.24, 2.45) is 5.41 Å². The van der Waals surface area contributed by atoms with Crippen molar-refractivity contribution < 1.29 is 23.9 Å². The van der Waals surface area contributed by atoms with Gasteiger partial charge in [0.25, 0.3) is 11.8 Å². The quantitative estimate of drug-likeness (QED) is 0.366. The summed E-state index contributed by atoms with van der Waals surface area (Å²) in [4.78, 5) is 39.1. The van der Waals surface area contributed by atoms with Crippen molar-refractivity contribution in [2.45, 2.75) is 26.5 Å². The Balaban J connectivity index is 2.37. The fourth-order valence-corrected chi connectivity index (χ4v) is 2.43. The maximum Gasteiger partial charge on any atom is 0.324 e. The van der Waals surface area contributed by atoms with E-state index in [0.717, 1.165) is 4.90 Å². The average Bonchev–Trinajstić information content (AvgIpc) is 2.57. The van der Waals surface area contributed by atoms with E-state index in [4.69, 9.17) is 9.47 Å². The van der Waals surface area contributed by atoms with Crippen LogP contribution in [0.1, 0.15) is 31.1 Å². The summed E-state index contributed by atoms with van der Waals surface area (Å²) in [6.07, 6.45) is 1.41. The van der Waals surface area contributed by atoms with Crippen LogP contribution in [0.3, 0.4) is 0 Å². The predicted octanol–water partition coefficient (Wildman–Crippen LogP) is 2.16. The third-order valence-corrected chi connectivity index (χ3v) is 3.93. The third-order valence-electron chi connectivity index (χ3n) is 3.93. The number of benzene rings is 1. The largest absolute Gasteiger partial charge is 0.461 e. The van der Waals surface area contributed by atoms with Crippen LogP contribution < -0.4 is 0 Å². The zero-order valence-electron chi connectivity index (χ0n) is 14.1. The molecule has 1 saturated heterocycles. The van der Waals surface area contributed by atoms with E-state index in [-0.39, 0.29) is 13.2 Å². The van der Waals surface area contributed by atoms with Gasteiger partial charge in [-0.25, -0.2) is 4.90 Å². The van der Waals surface area contributed by atoms with E-state index in [1.807, 2.05) is 0 Å². The number of nitrogens with zero attached hydrogens (tertiary/aromatic N) is 1. The first kappa shape index (κ1) is 17.9. The lowest BCUT2D eigenvalue weighted by Crippen LogP contribution is -2.65. The number of carbonyl (C=O) groups excluding carboxylic acids is 3. The second kappa shape index (κ2) is 6.57. The first-order chi connectivity index (χ1) is 11.2. The average molecular weight is 331 g/mol. The summed E-state index contributed by atoms with van der Waals surface area (Å²) >= 11 is 0. The summed E-state index contributed by atoms with van der Waals surface area (Å²) in [5.74, 6) is -1.90. The maximum atomic E-state index is 13.0. The summed E-state index contributed by atoms with van der Waals surface area (Å²) in [5.41, 5.74) is -2.41. The van der Waals surface area contributed by atoms with Gasteiger partial charge in [-0.15, -0.1) is 0 Å². The van der Waals surface area contributed by atoms with Gasteiger partial charge in [0.15, 0.2) is 5.41 Å². The van der Waals surface area contributed by atoms with Crippen LogP contribution in [-0.4, -0.2) is 41.6 Å². The number of amides is 2. The Bertz CT molecular complexity index is 667. The Morgan fingerprint density at radius 1 is 1.29 bits per heavy atom. The van der Waals surface area contributed by atoms with Gasteiger partial charge in [0.1, 0.15) is 12.3 Å². The molecule has 1 aromatic rings. The Hall–Kier alpha value is -2.47. The van der Waals surface area contributed by atoms with Gasteiger partial charge < -0.3 is 9.47 Å². The molecule has 2 rings (SSSR count). The molecule has 1 unspecified atom stereocenters. The molecule has 1 aromatic carbocycles. The molecule has 0 aromatic heterocycles. The van der Waals surface area contributed by atoms with Crippen molar-refractivity contribution in [2.75, 3.05) is 13.2 Å². The summed E-state index contributed by atoms with van der Waals surface area (Å²) in [7, 11) is 0. The van der Waals surface area contributed by atoms with Gasteiger partial charge in [-0.3, -0.25) is 14.4 Å². The van der Waals surface area contributed by atoms with E-state index < -0.39 is 28.9 Å². The highest BCUT2D eigenvalue weighted by molar-refractivity contribution is 6.13. The second-order valence-electron chi connectivity index (χ2n) is 6.27. The SMILES string of the molecule is C=CCOC(=O)C1(C)COC(C)(C)N(C(=O)c2ccccc2)C1=O. The van der Waals surface area contributed by atoms with Crippen LogP contribution in [0, 0.1) is 5.41 Å². The summed E-state index contributed by atoms with van der Waals surface area (Å²) in [5, 5.41) is 0. The van der Waals surface area contributed by atoms with E-state index in [1.165, 1.54) is 13.0 Å². The molecule has 0 radical (unpaired) electrons. The monoisotopic (exact) mass is 331 g/mol. The lowest BCUT2D eigenvalue weighted by atomic mass is 9.86. The Morgan fingerprint density at radius 3 is 2.50 bits per heavy atom. The van der Waals surface area contributed by atoms with E-state index in [1.54, 1.807) is 44.2 Å². The van der Waals surface area contributed by atoms with Gasteiger partial charge in [0.2, 0.25) is 0 Å². The summed E-state index contributed by atoms with van der Waals surface area (Å²) in [6.45, 7) is 7.93. The minimum atomic E-state index is -1.58. The third kappa shape index (κ3) is 3.10. The van der Waals surface area contributed by atoms with Crippen molar-refractivity contribution in [3.8, 4) is 0 Å². The minimum absolute atomic E-state index is 0.0161. The fraction of sp³-hybridized carbons (Fsp3) is 0.389. The molecule has 1 atom stereocenters. The lowest BCUT2D eigenvalue weighted by Gasteiger charge is -2.46. The maximum absolute atomic E-state index is 13.0. The molecular formula is C18H21NO5. The molecule has 1 aliphatic heterocycles. The normalized spacial score (nSPS) is 22.8. The standard InChI is InChI=1S/C18H21NO5/c1-5-11-23-16(22)18(4)12-24-17(2,3)19(15(18)21)14(20)13-9-7-6-8-10-13/h5-10H,1,11-12H2,2-4H3. The lowest BCUT2D eigenvalue weighted by molar-refractivity contribution is -0.206. The zero-order valence-corrected chi connectivity index (χ0v) is 14.1. The molecule has 1 fully saturated rings. The first-order valence-corrected chi connectivity index (χ1v) is 7.60. The molecule has 0 spiro atoms. The van der Waals surface area contributed by atoms with Crippen molar-refractivity contribution >= 4 is 17.8 Å². The number of carbonyl (C=O) groups is 3. The molecule has 24 heavy (non-hydrogen) atoms. The fourth-order valence-electron chi connectivity index (χ4n) is 2.43. The number of hydrogen-bond acceptors (Lipinski definition) is 5. The van der Waals surface area contributed by atoms with Crippen LogP contribution in [0.5, 0.6) is 0 Å². The van der Waals surface area contributed by atoms with E-state index >= 15 is 0 Å². The second-order valence-corrected chi connectivity index (χ2v) is 6.27. The number of imide groups is 1. The molecule has 1 heterocycles. The van der Waals surface area contributed by atoms with E-state index in [2.05, 4.69) is 6.58 Å². The van der Waals surface area contributed by atoms with Crippen LogP contribution in [0.4, 0.5) is 0 Å². The molecular weight excluding hydrogens is 310 g/mol. The highest BCUT2D eigenvalue weighted by Crippen LogP contribution is 2.35. The van der Waals surface area contributed by atoms with Gasteiger partial charge in [-0.2, -0.15) is 0 Å². The summed E-state index contributed by atoms with van der Waals surface area (Å²) < 4.78 is 10.7. The molecule has 0 aliphatic carbocycles. The highest BCUT2D eigenvalue weighted by atomic mass is 16.6. The molecule has 6 heteroatoms. The Labute approximate surface area is 141 Å². The van der Waals surface area contributed by atoms with Crippen molar-refractivity contribution in [3.05, 3.63) is 48.6 Å². The highest BCUT2D eigenvalue weighted by Gasteiger charge is 2.56. The molecule has 1 aliphatic rings. The number of hydrogen-bond donors (Lipinski definition) is 0. The van der Waals surface area contributed by atoms with Gasteiger partial charge >= 0.3 is 5.97 Å². The van der Waals surface area contributed by atoms with Crippen molar-refractivity contribution in [1.29, 1.82) is 0 Å². The van der Waals surface area contributed by atoms with Crippen molar-refractivity contribution in [1.82, 2.24) is 4.90 Å². The number of ether oxygens (including phenoxy) is 2. The van der Waals surface area contributed by atoms with Crippen molar-refractivity contribution in [3.63, 3.8) is 0 Å².